The summed E-state index contributed by atoms with van der Waals surface area (Å²) < 4.78 is 0. The third kappa shape index (κ3) is 3.63. The standard InChI is InChI=1S/C29H41N3O/c1-28-15-13-24-22(10-8-20-17-21(33)12-14-29(20,24)2)23(28)11-9-19(28)5-3-7-27-31-18-26-25(32-27)6-4-16-30-26/h4,6,16,18-24,33H,3,5,7-15,17H2,1-2H3/t19?,20?,21-,22?,23?,24?,28?,29?/m1/s1. The molecule has 4 saturated carbocycles. The summed E-state index contributed by atoms with van der Waals surface area (Å²) in [6.07, 6.45) is 19.0. The lowest BCUT2D eigenvalue weighted by Gasteiger charge is -2.61. The monoisotopic (exact) mass is 447 g/mol. The summed E-state index contributed by atoms with van der Waals surface area (Å²) in [6.45, 7) is 5.26. The van der Waals surface area contributed by atoms with Crippen molar-refractivity contribution in [2.45, 2.75) is 97.0 Å². The van der Waals surface area contributed by atoms with E-state index in [1.807, 2.05) is 24.5 Å². The van der Waals surface area contributed by atoms with Gasteiger partial charge in [0.05, 0.1) is 17.8 Å². The molecule has 6 rings (SSSR count). The molecule has 2 aromatic rings. The van der Waals surface area contributed by atoms with Crippen LogP contribution in [0.5, 0.6) is 0 Å². The Morgan fingerprint density at radius 1 is 0.939 bits per heavy atom. The minimum absolute atomic E-state index is 0.0350. The third-order valence-electron chi connectivity index (χ3n) is 11.2. The average Bonchev–Trinajstić information content (AvgIpc) is 3.16. The van der Waals surface area contributed by atoms with Crippen LogP contribution in [0.2, 0.25) is 0 Å². The van der Waals surface area contributed by atoms with Crippen LogP contribution in [0.4, 0.5) is 0 Å². The van der Waals surface area contributed by atoms with E-state index in [1.54, 1.807) is 0 Å². The molecular weight excluding hydrogens is 406 g/mol. The van der Waals surface area contributed by atoms with E-state index < -0.39 is 0 Å². The minimum Gasteiger partial charge on any atom is -0.393 e. The Labute approximate surface area is 199 Å². The van der Waals surface area contributed by atoms with E-state index in [0.29, 0.717) is 10.8 Å². The van der Waals surface area contributed by atoms with Gasteiger partial charge in [-0.1, -0.05) is 13.8 Å². The highest BCUT2D eigenvalue weighted by Crippen LogP contribution is 2.67. The number of pyridine rings is 1. The molecule has 4 nitrogen and oxygen atoms in total. The lowest BCUT2D eigenvalue weighted by molar-refractivity contribution is -0.126. The number of aromatic nitrogens is 3. The number of hydrogen-bond donors (Lipinski definition) is 1. The van der Waals surface area contributed by atoms with Crippen molar-refractivity contribution in [3.63, 3.8) is 0 Å². The van der Waals surface area contributed by atoms with E-state index in [2.05, 4.69) is 23.8 Å². The summed E-state index contributed by atoms with van der Waals surface area (Å²) in [5, 5.41) is 10.3. The van der Waals surface area contributed by atoms with Gasteiger partial charge >= 0.3 is 0 Å². The van der Waals surface area contributed by atoms with Crippen LogP contribution in [0.25, 0.3) is 11.0 Å². The van der Waals surface area contributed by atoms with Crippen molar-refractivity contribution < 1.29 is 5.11 Å². The van der Waals surface area contributed by atoms with Crippen molar-refractivity contribution in [1.82, 2.24) is 15.0 Å². The first-order valence-corrected chi connectivity index (χ1v) is 13.7. The molecule has 2 aromatic heterocycles. The highest BCUT2D eigenvalue weighted by Gasteiger charge is 2.59. The highest BCUT2D eigenvalue weighted by atomic mass is 16.3. The van der Waals surface area contributed by atoms with Gasteiger partial charge in [0.1, 0.15) is 11.3 Å². The van der Waals surface area contributed by atoms with E-state index in [-0.39, 0.29) is 6.10 Å². The Morgan fingerprint density at radius 3 is 2.70 bits per heavy atom. The SMILES string of the molecule is CC12CCC3C(CCC4C[C@H](O)CCC43C)C1CCC2CCCc1ncc2ncccc2n1. The van der Waals surface area contributed by atoms with Gasteiger partial charge in [-0.3, -0.25) is 4.98 Å². The fourth-order valence-corrected chi connectivity index (χ4v) is 9.35. The normalized spacial score (nSPS) is 42.5. The molecule has 4 aliphatic carbocycles. The van der Waals surface area contributed by atoms with Crippen molar-refractivity contribution >= 4 is 11.0 Å². The molecule has 178 valence electrons. The predicted molar refractivity (Wildman–Crippen MR) is 131 cm³/mol. The van der Waals surface area contributed by atoms with Crippen LogP contribution in [0.3, 0.4) is 0 Å². The van der Waals surface area contributed by atoms with Gasteiger partial charge in [-0.05, 0) is 123 Å². The Morgan fingerprint density at radius 2 is 1.79 bits per heavy atom. The summed E-state index contributed by atoms with van der Waals surface area (Å²) in [6, 6.07) is 4.00. The molecule has 0 aromatic carbocycles. The number of fused-ring (bicyclic) bond motifs is 6. The Balaban J connectivity index is 1.11. The molecule has 7 unspecified atom stereocenters. The molecule has 0 saturated heterocycles. The van der Waals surface area contributed by atoms with Gasteiger partial charge in [0.25, 0.3) is 0 Å². The highest BCUT2D eigenvalue weighted by molar-refractivity contribution is 5.72. The van der Waals surface area contributed by atoms with Crippen LogP contribution in [0.1, 0.15) is 90.3 Å². The molecule has 0 amide bonds. The maximum atomic E-state index is 10.3. The summed E-state index contributed by atoms with van der Waals surface area (Å²) in [5.41, 5.74) is 2.88. The van der Waals surface area contributed by atoms with Crippen LogP contribution in [-0.4, -0.2) is 26.2 Å². The second kappa shape index (κ2) is 8.29. The predicted octanol–water partition coefficient (Wildman–Crippen LogP) is 6.37. The Bertz CT molecular complexity index is 1010. The fraction of sp³-hybridized carbons (Fsp3) is 0.759. The van der Waals surface area contributed by atoms with Gasteiger partial charge in [-0.15, -0.1) is 0 Å². The van der Waals surface area contributed by atoms with Crippen molar-refractivity contribution in [2.75, 3.05) is 0 Å². The first-order chi connectivity index (χ1) is 16.0. The molecule has 0 radical (unpaired) electrons. The lowest BCUT2D eigenvalue weighted by atomic mass is 9.44. The van der Waals surface area contributed by atoms with Crippen LogP contribution in [0.15, 0.2) is 24.5 Å². The zero-order valence-electron chi connectivity index (χ0n) is 20.5. The molecule has 4 fully saturated rings. The van der Waals surface area contributed by atoms with Crippen LogP contribution in [-0.2, 0) is 6.42 Å². The number of hydrogen-bond acceptors (Lipinski definition) is 4. The number of aliphatic hydroxyl groups is 1. The zero-order chi connectivity index (χ0) is 22.6. The summed E-state index contributed by atoms with van der Waals surface area (Å²) in [7, 11) is 0. The Hall–Kier alpha value is -1.55. The largest absolute Gasteiger partial charge is 0.393 e. The van der Waals surface area contributed by atoms with Gasteiger partial charge in [-0.2, -0.15) is 0 Å². The Kier molecular flexibility index (Phi) is 5.51. The third-order valence-corrected chi connectivity index (χ3v) is 11.2. The molecule has 0 aliphatic heterocycles. The second-order valence-corrected chi connectivity index (χ2v) is 12.5. The summed E-state index contributed by atoms with van der Waals surface area (Å²) in [5.74, 6) is 5.37. The molecular formula is C29H41N3O. The molecule has 4 aliphatic rings. The lowest BCUT2D eigenvalue weighted by Crippen LogP contribution is -2.53. The van der Waals surface area contributed by atoms with Gasteiger partial charge in [0, 0.05) is 12.6 Å². The number of aryl methyl sites for hydroxylation is 1. The van der Waals surface area contributed by atoms with Crippen molar-refractivity contribution in [3.05, 3.63) is 30.4 Å². The summed E-state index contributed by atoms with van der Waals surface area (Å²) >= 11 is 0. The van der Waals surface area contributed by atoms with E-state index in [4.69, 9.17) is 4.98 Å². The average molecular weight is 448 g/mol. The quantitative estimate of drug-likeness (QED) is 0.592. The molecule has 8 atom stereocenters. The van der Waals surface area contributed by atoms with Gasteiger partial charge in [0.15, 0.2) is 0 Å². The van der Waals surface area contributed by atoms with Gasteiger partial charge in [0.2, 0.25) is 0 Å². The van der Waals surface area contributed by atoms with E-state index in [0.717, 1.165) is 65.7 Å². The first-order valence-electron chi connectivity index (χ1n) is 13.7. The topological polar surface area (TPSA) is 58.9 Å². The van der Waals surface area contributed by atoms with Crippen LogP contribution >= 0.6 is 0 Å². The van der Waals surface area contributed by atoms with Gasteiger partial charge < -0.3 is 5.11 Å². The van der Waals surface area contributed by atoms with Crippen molar-refractivity contribution in [3.8, 4) is 0 Å². The molecule has 33 heavy (non-hydrogen) atoms. The van der Waals surface area contributed by atoms with Crippen LogP contribution in [0, 0.1) is 40.4 Å². The number of nitrogens with zero attached hydrogens (tertiary/aromatic N) is 3. The van der Waals surface area contributed by atoms with E-state index >= 15 is 0 Å². The number of rotatable bonds is 4. The second-order valence-electron chi connectivity index (χ2n) is 12.5. The van der Waals surface area contributed by atoms with Gasteiger partial charge in [-0.25, -0.2) is 9.97 Å². The molecule has 2 heterocycles. The van der Waals surface area contributed by atoms with Crippen molar-refractivity contribution in [2.24, 2.45) is 40.4 Å². The fourth-order valence-electron chi connectivity index (χ4n) is 9.35. The van der Waals surface area contributed by atoms with E-state index in [9.17, 15) is 5.11 Å². The molecule has 0 spiro atoms. The zero-order valence-corrected chi connectivity index (χ0v) is 20.5. The van der Waals surface area contributed by atoms with E-state index in [1.165, 1.54) is 57.8 Å². The molecule has 0 bridgehead atoms. The smallest absolute Gasteiger partial charge is 0.129 e. The minimum atomic E-state index is -0.0350. The van der Waals surface area contributed by atoms with Crippen molar-refractivity contribution in [1.29, 1.82) is 0 Å². The number of aliphatic hydroxyl groups excluding tert-OH is 1. The maximum Gasteiger partial charge on any atom is 0.129 e. The summed E-state index contributed by atoms with van der Waals surface area (Å²) in [4.78, 5) is 13.7. The maximum absolute atomic E-state index is 10.3. The molecule has 4 heteroatoms. The van der Waals surface area contributed by atoms with Crippen LogP contribution < -0.4 is 0 Å². The molecule has 1 N–H and O–H groups in total. The first kappa shape index (κ1) is 21.9.